The first-order chi connectivity index (χ1) is 16.2. The van der Waals surface area contributed by atoms with E-state index in [0.717, 1.165) is 5.56 Å². The van der Waals surface area contributed by atoms with Gasteiger partial charge in [-0.2, -0.15) is 0 Å². The Morgan fingerprint density at radius 3 is 2.26 bits per heavy atom. The van der Waals surface area contributed by atoms with E-state index in [1.54, 1.807) is 42.5 Å². The van der Waals surface area contributed by atoms with Crippen LogP contribution in [0.4, 0.5) is 11.4 Å². The Hall–Kier alpha value is -4.17. The minimum Gasteiger partial charge on any atom is -0.507 e. The highest BCUT2D eigenvalue weighted by Gasteiger charge is 2.47. The molecule has 0 bridgehead atoms. The molecule has 3 aromatic rings. The Morgan fingerprint density at radius 2 is 1.71 bits per heavy atom. The van der Waals surface area contributed by atoms with Crippen molar-refractivity contribution < 1.29 is 24.4 Å². The van der Waals surface area contributed by atoms with Crippen molar-refractivity contribution in [2.75, 3.05) is 12.0 Å². The lowest BCUT2D eigenvalue weighted by molar-refractivity contribution is -0.384. The van der Waals surface area contributed by atoms with Crippen molar-refractivity contribution >= 4 is 40.4 Å². The largest absolute Gasteiger partial charge is 0.507 e. The van der Waals surface area contributed by atoms with E-state index in [1.165, 1.54) is 36.3 Å². The molecule has 34 heavy (non-hydrogen) atoms. The van der Waals surface area contributed by atoms with Gasteiger partial charge >= 0.3 is 0 Å². The van der Waals surface area contributed by atoms with Crippen LogP contribution >= 0.6 is 11.6 Å². The monoisotopic (exact) mass is 478 g/mol. The van der Waals surface area contributed by atoms with Gasteiger partial charge in [-0.3, -0.25) is 24.6 Å². The molecule has 1 atom stereocenters. The third-order valence-corrected chi connectivity index (χ3v) is 6.07. The summed E-state index contributed by atoms with van der Waals surface area (Å²) < 4.78 is 5.21. The second kappa shape index (κ2) is 8.99. The second-order valence-electron chi connectivity index (χ2n) is 7.68. The Bertz CT molecular complexity index is 1330. The highest BCUT2D eigenvalue weighted by Crippen LogP contribution is 2.43. The molecule has 1 unspecified atom stereocenters. The number of ether oxygens (including phenoxy) is 1. The zero-order chi connectivity index (χ0) is 24.6. The van der Waals surface area contributed by atoms with E-state index in [0.29, 0.717) is 22.0 Å². The van der Waals surface area contributed by atoms with Crippen LogP contribution in [0.1, 0.15) is 22.7 Å². The number of carbonyl (C=O) groups is 2. The first-order valence-electron chi connectivity index (χ1n) is 10.2. The number of nitro groups is 1. The molecule has 1 heterocycles. The van der Waals surface area contributed by atoms with Crippen molar-refractivity contribution in [1.29, 1.82) is 0 Å². The van der Waals surface area contributed by atoms with Crippen LogP contribution in [0.5, 0.6) is 5.75 Å². The molecule has 0 radical (unpaired) electrons. The summed E-state index contributed by atoms with van der Waals surface area (Å²) in [5.41, 5.74) is 1.61. The van der Waals surface area contributed by atoms with Crippen molar-refractivity contribution in [3.8, 4) is 5.75 Å². The van der Waals surface area contributed by atoms with Crippen molar-refractivity contribution in [2.45, 2.75) is 13.0 Å². The van der Waals surface area contributed by atoms with Gasteiger partial charge in [0.2, 0.25) is 0 Å². The molecule has 1 saturated heterocycles. The fraction of sp³-hybridized carbons (Fsp3) is 0.120. The quantitative estimate of drug-likeness (QED) is 0.177. The Kier molecular flexibility index (Phi) is 6.08. The molecule has 4 rings (SSSR count). The number of non-ortho nitro benzene ring substituents is 1. The number of nitrogens with zero attached hydrogens (tertiary/aromatic N) is 2. The molecule has 1 aliphatic rings. The molecule has 0 saturated carbocycles. The molecule has 3 aromatic carbocycles. The SMILES string of the molecule is COc1ccc(C2/C(=C(\O)c3ccc([N+](=O)[O-])cc3)C(=O)C(=O)N2c2ccc(C)c(Cl)c2)cc1. The fourth-order valence-electron chi connectivity index (χ4n) is 3.83. The zero-order valence-electron chi connectivity index (χ0n) is 18.2. The summed E-state index contributed by atoms with van der Waals surface area (Å²) in [6, 6.07) is 15.9. The Balaban J connectivity index is 1.91. The molecule has 172 valence electrons. The number of hydrogen-bond acceptors (Lipinski definition) is 6. The fourth-order valence-corrected chi connectivity index (χ4v) is 4.00. The van der Waals surface area contributed by atoms with Crippen molar-refractivity contribution in [3.63, 3.8) is 0 Å². The summed E-state index contributed by atoms with van der Waals surface area (Å²) in [6.07, 6.45) is 0. The number of carbonyl (C=O) groups excluding carboxylic acids is 2. The highest BCUT2D eigenvalue weighted by atomic mass is 35.5. The van der Waals surface area contributed by atoms with Gasteiger partial charge in [-0.1, -0.05) is 29.8 Å². The van der Waals surface area contributed by atoms with Gasteiger partial charge in [0.1, 0.15) is 11.5 Å². The topological polar surface area (TPSA) is 110 Å². The number of amides is 1. The predicted molar refractivity (Wildman–Crippen MR) is 127 cm³/mol. The van der Waals surface area contributed by atoms with Gasteiger partial charge in [0.15, 0.2) is 0 Å². The highest BCUT2D eigenvalue weighted by molar-refractivity contribution is 6.51. The third-order valence-electron chi connectivity index (χ3n) is 5.66. The maximum atomic E-state index is 13.2. The number of benzene rings is 3. The van der Waals surface area contributed by atoms with E-state index in [-0.39, 0.29) is 16.8 Å². The van der Waals surface area contributed by atoms with Crippen LogP contribution in [-0.4, -0.2) is 28.8 Å². The van der Waals surface area contributed by atoms with Gasteiger partial charge in [0.05, 0.1) is 23.6 Å². The van der Waals surface area contributed by atoms with Crippen LogP contribution in [-0.2, 0) is 9.59 Å². The molecular weight excluding hydrogens is 460 g/mol. The average molecular weight is 479 g/mol. The minimum absolute atomic E-state index is 0.138. The summed E-state index contributed by atoms with van der Waals surface area (Å²) in [6.45, 7) is 1.82. The first kappa shape index (κ1) is 23.0. The first-order valence-corrected chi connectivity index (χ1v) is 10.6. The molecule has 9 heteroatoms. The number of nitro benzene ring substituents is 1. The van der Waals surface area contributed by atoms with Crippen molar-refractivity contribution in [1.82, 2.24) is 0 Å². The lowest BCUT2D eigenvalue weighted by Gasteiger charge is -2.26. The van der Waals surface area contributed by atoms with Gasteiger partial charge in [-0.15, -0.1) is 0 Å². The van der Waals surface area contributed by atoms with Crippen LogP contribution in [0.2, 0.25) is 5.02 Å². The molecule has 0 aromatic heterocycles. The number of halogens is 1. The molecule has 1 aliphatic heterocycles. The molecule has 1 N–H and O–H groups in total. The molecule has 0 aliphatic carbocycles. The van der Waals surface area contributed by atoms with E-state index in [4.69, 9.17) is 16.3 Å². The van der Waals surface area contributed by atoms with E-state index in [2.05, 4.69) is 0 Å². The van der Waals surface area contributed by atoms with E-state index in [1.807, 2.05) is 6.92 Å². The molecule has 1 amide bonds. The lowest BCUT2D eigenvalue weighted by Crippen LogP contribution is -2.29. The Labute approximate surface area is 199 Å². The number of hydrogen-bond donors (Lipinski definition) is 1. The number of rotatable bonds is 5. The van der Waals surface area contributed by atoms with Gasteiger partial charge in [0, 0.05) is 28.4 Å². The second-order valence-corrected chi connectivity index (χ2v) is 8.09. The average Bonchev–Trinajstić information content (AvgIpc) is 3.11. The molecule has 8 nitrogen and oxygen atoms in total. The summed E-state index contributed by atoms with van der Waals surface area (Å²) in [5.74, 6) is -1.57. The smallest absolute Gasteiger partial charge is 0.300 e. The van der Waals surface area contributed by atoms with E-state index >= 15 is 0 Å². The van der Waals surface area contributed by atoms with Crippen LogP contribution < -0.4 is 9.64 Å². The van der Waals surface area contributed by atoms with Crippen LogP contribution in [0, 0.1) is 17.0 Å². The van der Waals surface area contributed by atoms with Crippen LogP contribution in [0.15, 0.2) is 72.3 Å². The van der Waals surface area contributed by atoms with Crippen molar-refractivity contribution in [2.24, 2.45) is 0 Å². The number of Topliss-reactive ketones (excluding diaryl/α,β-unsaturated/α-hetero) is 1. The zero-order valence-corrected chi connectivity index (χ0v) is 18.9. The van der Waals surface area contributed by atoms with Gasteiger partial charge in [-0.25, -0.2) is 0 Å². The summed E-state index contributed by atoms with van der Waals surface area (Å²) in [7, 11) is 1.52. The summed E-state index contributed by atoms with van der Waals surface area (Å²) >= 11 is 6.29. The van der Waals surface area contributed by atoms with Gasteiger partial charge < -0.3 is 9.84 Å². The van der Waals surface area contributed by atoms with Crippen molar-refractivity contribution in [3.05, 3.63) is 104 Å². The summed E-state index contributed by atoms with van der Waals surface area (Å²) in [5, 5.41) is 22.5. The van der Waals surface area contributed by atoms with E-state index < -0.39 is 28.4 Å². The normalized spacial score (nSPS) is 17.1. The Morgan fingerprint density at radius 1 is 1.06 bits per heavy atom. The number of anilines is 1. The number of aliphatic hydroxyl groups excluding tert-OH is 1. The minimum atomic E-state index is -0.958. The number of aliphatic hydroxyl groups is 1. The standard InChI is InChI=1S/C25H19ClN2O6/c1-14-3-8-18(13-20(14)26)27-22(15-6-11-19(34-2)12-7-15)21(24(30)25(27)31)23(29)16-4-9-17(10-5-16)28(32)33/h3-13,22,29H,1-2H3/b23-21+. The molecule has 1 fully saturated rings. The molecule has 0 spiro atoms. The predicted octanol–water partition coefficient (Wildman–Crippen LogP) is 5.19. The summed E-state index contributed by atoms with van der Waals surface area (Å²) in [4.78, 5) is 38.0. The number of ketones is 1. The number of aryl methyl sites for hydroxylation is 1. The maximum absolute atomic E-state index is 13.2. The van der Waals surface area contributed by atoms with E-state index in [9.17, 15) is 24.8 Å². The van der Waals surface area contributed by atoms with Crippen LogP contribution in [0.25, 0.3) is 5.76 Å². The van der Waals surface area contributed by atoms with Gasteiger partial charge in [0.25, 0.3) is 17.4 Å². The lowest BCUT2D eigenvalue weighted by atomic mass is 9.95. The maximum Gasteiger partial charge on any atom is 0.300 e. The number of methoxy groups -OCH3 is 1. The third kappa shape index (κ3) is 3.99. The van der Waals surface area contributed by atoms with Gasteiger partial charge in [-0.05, 0) is 54.4 Å². The van der Waals surface area contributed by atoms with Crippen LogP contribution in [0.3, 0.4) is 0 Å². The molecular formula is C25H19ClN2O6.